The number of carbonyl (C=O) groups is 1. The maximum absolute atomic E-state index is 13.8. The zero-order valence-corrected chi connectivity index (χ0v) is 15.6. The third-order valence-corrected chi connectivity index (χ3v) is 5.26. The topological polar surface area (TPSA) is 29.1 Å². The monoisotopic (exact) mass is 407 g/mol. The van der Waals surface area contributed by atoms with E-state index in [1.165, 1.54) is 12.1 Å². The number of halogens is 5. The normalized spacial score (nSPS) is 21.3. The van der Waals surface area contributed by atoms with E-state index in [4.69, 9.17) is 0 Å². The van der Waals surface area contributed by atoms with Crippen molar-refractivity contribution in [2.45, 2.75) is 25.4 Å². The van der Waals surface area contributed by atoms with Gasteiger partial charge in [0.05, 0.1) is 11.1 Å². The second kappa shape index (κ2) is 7.46. The number of hydrogen-bond acceptors (Lipinski definition) is 1. The number of anilines is 1. The van der Waals surface area contributed by atoms with Crippen molar-refractivity contribution in [3.05, 3.63) is 89.0 Å². The number of rotatable bonds is 3. The first-order valence-corrected chi connectivity index (χ1v) is 8.87. The Morgan fingerprint density at radius 1 is 1.10 bits per heavy atom. The van der Waals surface area contributed by atoms with Gasteiger partial charge in [0.1, 0.15) is 0 Å². The molecule has 0 bridgehead atoms. The van der Waals surface area contributed by atoms with Gasteiger partial charge in [0.25, 0.3) is 5.91 Å². The third kappa shape index (κ3) is 3.95. The molecule has 0 saturated heterocycles. The number of amides is 1. The molecule has 0 spiro atoms. The Kier molecular flexibility index (Phi) is 5.34. The summed E-state index contributed by atoms with van der Waals surface area (Å²) in [6.45, 7) is 3.53. The van der Waals surface area contributed by atoms with Crippen molar-refractivity contribution in [2.75, 3.05) is 5.32 Å². The molecular formula is C22H18F5NO. The highest BCUT2D eigenvalue weighted by Gasteiger charge is 2.41. The fourth-order valence-electron chi connectivity index (χ4n) is 3.38. The number of carbonyl (C=O) groups excluding carboxylic acids is 1. The van der Waals surface area contributed by atoms with E-state index in [1.54, 1.807) is 25.2 Å². The molecule has 1 N–H and O–H groups in total. The lowest BCUT2D eigenvalue weighted by atomic mass is 9.69. The minimum atomic E-state index is -4.67. The Morgan fingerprint density at radius 2 is 1.83 bits per heavy atom. The lowest BCUT2D eigenvalue weighted by Crippen LogP contribution is -2.31. The van der Waals surface area contributed by atoms with Gasteiger partial charge in [0.2, 0.25) is 0 Å². The highest BCUT2D eigenvalue weighted by molar-refractivity contribution is 6.04. The second-order valence-corrected chi connectivity index (χ2v) is 7.13. The van der Waals surface area contributed by atoms with Crippen LogP contribution in [0.2, 0.25) is 0 Å². The molecule has 2 aromatic carbocycles. The molecule has 0 heterocycles. The van der Waals surface area contributed by atoms with Gasteiger partial charge < -0.3 is 5.32 Å². The summed E-state index contributed by atoms with van der Waals surface area (Å²) >= 11 is 0. The fourth-order valence-corrected chi connectivity index (χ4v) is 3.38. The van der Waals surface area contributed by atoms with Crippen molar-refractivity contribution in [3.63, 3.8) is 0 Å². The fraction of sp³-hybridized carbons (Fsp3) is 0.227. The average Bonchev–Trinajstić information content (AvgIpc) is 2.65. The molecule has 0 aromatic heterocycles. The van der Waals surface area contributed by atoms with Crippen molar-refractivity contribution >= 4 is 11.6 Å². The SMILES string of the molecule is CC1C=CC=CC1(C)c1ccc(NC(=O)c2cccc(F)c2F)cc1C(F)(F)F. The summed E-state index contributed by atoms with van der Waals surface area (Å²) in [6.07, 6.45) is 2.34. The third-order valence-electron chi connectivity index (χ3n) is 5.26. The first-order chi connectivity index (χ1) is 13.5. The van der Waals surface area contributed by atoms with Crippen molar-refractivity contribution in [3.8, 4) is 0 Å². The van der Waals surface area contributed by atoms with Crippen molar-refractivity contribution < 1.29 is 26.7 Å². The molecule has 1 aliphatic carbocycles. The van der Waals surface area contributed by atoms with Crippen molar-refractivity contribution in [1.29, 1.82) is 0 Å². The molecule has 3 rings (SSSR count). The van der Waals surface area contributed by atoms with E-state index in [0.29, 0.717) is 0 Å². The zero-order valence-electron chi connectivity index (χ0n) is 15.6. The second-order valence-electron chi connectivity index (χ2n) is 7.13. The van der Waals surface area contributed by atoms with Crippen molar-refractivity contribution in [1.82, 2.24) is 0 Å². The predicted octanol–water partition coefficient (Wildman–Crippen LogP) is 6.26. The maximum atomic E-state index is 13.8. The molecule has 2 unspecified atom stereocenters. The summed E-state index contributed by atoms with van der Waals surface area (Å²) in [4.78, 5) is 12.2. The molecule has 7 heteroatoms. The van der Waals surface area contributed by atoms with Crippen LogP contribution in [0, 0.1) is 17.6 Å². The Labute approximate surface area is 164 Å². The number of benzene rings is 2. The predicted molar refractivity (Wildman–Crippen MR) is 101 cm³/mol. The minimum absolute atomic E-state index is 0.0630. The molecule has 0 fully saturated rings. The maximum Gasteiger partial charge on any atom is 0.416 e. The molecule has 0 saturated carbocycles. The van der Waals surface area contributed by atoms with Crippen LogP contribution in [0.15, 0.2) is 60.7 Å². The molecule has 29 heavy (non-hydrogen) atoms. The van der Waals surface area contributed by atoms with Crippen LogP contribution >= 0.6 is 0 Å². The summed E-state index contributed by atoms with van der Waals surface area (Å²) < 4.78 is 68.5. The van der Waals surface area contributed by atoms with E-state index in [9.17, 15) is 26.7 Å². The molecule has 1 aliphatic rings. The van der Waals surface area contributed by atoms with Gasteiger partial charge >= 0.3 is 6.18 Å². The molecule has 152 valence electrons. The van der Waals surface area contributed by atoms with Crippen LogP contribution in [0.5, 0.6) is 0 Å². The summed E-state index contributed by atoms with van der Waals surface area (Å²) in [5.41, 5.74) is -2.49. The standard InChI is InChI=1S/C22H18F5NO/c1-13-6-3-4-11-21(13,2)16-10-9-14(12-17(16)22(25,26)27)28-20(29)15-7-5-8-18(23)19(15)24/h3-13H,1-2H3,(H,28,29). The van der Waals surface area contributed by atoms with Gasteiger partial charge in [-0.05, 0) is 35.7 Å². The molecular weight excluding hydrogens is 389 g/mol. The summed E-state index contributed by atoms with van der Waals surface area (Å²) in [6, 6.07) is 6.48. The lowest BCUT2D eigenvalue weighted by molar-refractivity contribution is -0.138. The van der Waals surface area contributed by atoms with E-state index in [1.807, 2.05) is 13.0 Å². The van der Waals surface area contributed by atoms with Gasteiger partial charge in [-0.15, -0.1) is 0 Å². The summed E-state index contributed by atoms with van der Waals surface area (Å²) in [5.74, 6) is -3.81. The van der Waals surface area contributed by atoms with Crippen LogP contribution in [0.1, 0.15) is 35.3 Å². The first-order valence-electron chi connectivity index (χ1n) is 8.87. The highest BCUT2D eigenvalue weighted by Crippen LogP contribution is 2.44. The molecule has 2 aromatic rings. The van der Waals surface area contributed by atoms with E-state index >= 15 is 0 Å². The van der Waals surface area contributed by atoms with Gasteiger partial charge in [-0.1, -0.05) is 50.3 Å². The Morgan fingerprint density at radius 3 is 2.48 bits per heavy atom. The van der Waals surface area contributed by atoms with Crippen molar-refractivity contribution in [2.24, 2.45) is 5.92 Å². The quantitative estimate of drug-likeness (QED) is 0.598. The molecule has 1 amide bonds. The summed E-state index contributed by atoms with van der Waals surface area (Å²) in [5, 5.41) is 2.22. The van der Waals surface area contributed by atoms with Crippen LogP contribution in [-0.4, -0.2) is 5.91 Å². The van der Waals surface area contributed by atoms with Gasteiger partial charge in [-0.3, -0.25) is 4.79 Å². The lowest BCUT2D eigenvalue weighted by Gasteiger charge is -2.35. The van der Waals surface area contributed by atoms with E-state index in [0.717, 1.165) is 24.3 Å². The Bertz CT molecular complexity index is 1010. The highest BCUT2D eigenvalue weighted by atomic mass is 19.4. The van der Waals surface area contributed by atoms with Crippen LogP contribution < -0.4 is 5.32 Å². The van der Waals surface area contributed by atoms with E-state index < -0.39 is 40.3 Å². The van der Waals surface area contributed by atoms with Gasteiger partial charge in [0, 0.05) is 11.1 Å². The van der Waals surface area contributed by atoms with Crippen LogP contribution in [0.4, 0.5) is 27.6 Å². The molecule has 2 atom stereocenters. The Balaban J connectivity index is 2.01. The van der Waals surface area contributed by atoms with Gasteiger partial charge in [-0.2, -0.15) is 13.2 Å². The van der Waals surface area contributed by atoms with Crippen LogP contribution in [-0.2, 0) is 11.6 Å². The van der Waals surface area contributed by atoms with E-state index in [2.05, 4.69) is 5.32 Å². The summed E-state index contributed by atoms with van der Waals surface area (Å²) in [7, 11) is 0. The number of allylic oxidation sites excluding steroid dienone is 4. The van der Waals surface area contributed by atoms with Gasteiger partial charge in [0.15, 0.2) is 11.6 Å². The number of hydrogen-bond donors (Lipinski definition) is 1. The molecule has 0 aliphatic heterocycles. The van der Waals surface area contributed by atoms with Crippen LogP contribution in [0.3, 0.4) is 0 Å². The average molecular weight is 407 g/mol. The Hall–Kier alpha value is -2.96. The zero-order chi connectivity index (χ0) is 21.4. The minimum Gasteiger partial charge on any atom is -0.322 e. The number of nitrogens with one attached hydrogen (secondary N) is 1. The molecule has 2 nitrogen and oxygen atoms in total. The smallest absolute Gasteiger partial charge is 0.322 e. The van der Waals surface area contributed by atoms with Crippen LogP contribution in [0.25, 0.3) is 0 Å². The number of alkyl halides is 3. The largest absolute Gasteiger partial charge is 0.416 e. The first kappa shape index (κ1) is 20.8. The van der Waals surface area contributed by atoms with E-state index in [-0.39, 0.29) is 17.2 Å². The molecule has 0 radical (unpaired) electrons. The van der Waals surface area contributed by atoms with Gasteiger partial charge in [-0.25, -0.2) is 8.78 Å².